The smallest absolute Gasteiger partial charge is 0.269 e. The van der Waals surface area contributed by atoms with Gasteiger partial charge in [-0.3, -0.25) is 4.79 Å². The molecule has 0 bridgehead atoms. The van der Waals surface area contributed by atoms with Crippen molar-refractivity contribution < 1.29 is 9.53 Å². The number of fused-ring (bicyclic) bond motifs is 3. The minimum absolute atomic E-state index is 0.140. The SMILES string of the molecule is O=C(NC[C@@H]1CCCO1)c1cc2c(cn1)[nH]c1ccccc12. The monoisotopic (exact) mass is 295 g/mol. The molecule has 1 amide bonds. The first-order valence-corrected chi connectivity index (χ1v) is 7.57. The number of benzene rings is 1. The van der Waals surface area contributed by atoms with Gasteiger partial charge in [0.25, 0.3) is 5.91 Å². The lowest BCUT2D eigenvalue weighted by Gasteiger charge is -2.10. The van der Waals surface area contributed by atoms with E-state index in [2.05, 4.69) is 15.3 Å². The van der Waals surface area contributed by atoms with E-state index >= 15 is 0 Å². The number of hydrogen-bond donors (Lipinski definition) is 2. The van der Waals surface area contributed by atoms with Gasteiger partial charge in [-0.25, -0.2) is 4.98 Å². The maximum absolute atomic E-state index is 12.3. The highest BCUT2D eigenvalue weighted by atomic mass is 16.5. The summed E-state index contributed by atoms with van der Waals surface area (Å²) in [6, 6.07) is 9.89. The molecular formula is C17H17N3O2. The lowest BCUT2D eigenvalue weighted by Crippen LogP contribution is -2.32. The van der Waals surface area contributed by atoms with Crippen molar-refractivity contribution in [2.45, 2.75) is 18.9 Å². The molecule has 1 atom stereocenters. The van der Waals surface area contributed by atoms with Gasteiger partial charge in [-0.2, -0.15) is 0 Å². The lowest BCUT2D eigenvalue weighted by atomic mass is 10.1. The second-order valence-electron chi connectivity index (χ2n) is 5.63. The Labute approximate surface area is 127 Å². The zero-order valence-electron chi connectivity index (χ0n) is 12.1. The summed E-state index contributed by atoms with van der Waals surface area (Å²) >= 11 is 0. The number of aromatic amines is 1. The molecule has 2 aromatic heterocycles. The first-order chi connectivity index (χ1) is 10.8. The summed E-state index contributed by atoms with van der Waals surface area (Å²) in [5.41, 5.74) is 2.43. The fourth-order valence-corrected chi connectivity index (χ4v) is 2.98. The highest BCUT2D eigenvalue weighted by Crippen LogP contribution is 2.24. The summed E-state index contributed by atoms with van der Waals surface area (Å²) in [5.74, 6) is -0.150. The number of ether oxygens (including phenoxy) is 1. The van der Waals surface area contributed by atoms with Crippen LogP contribution < -0.4 is 5.32 Å². The van der Waals surface area contributed by atoms with Gasteiger partial charge in [0.2, 0.25) is 0 Å². The molecule has 3 aromatic rings. The van der Waals surface area contributed by atoms with Crippen LogP contribution in [-0.4, -0.2) is 35.1 Å². The fourth-order valence-electron chi connectivity index (χ4n) is 2.98. The van der Waals surface area contributed by atoms with Gasteiger partial charge in [0.1, 0.15) is 5.69 Å². The van der Waals surface area contributed by atoms with Crippen LogP contribution in [-0.2, 0) is 4.74 Å². The Morgan fingerprint density at radius 1 is 1.32 bits per heavy atom. The van der Waals surface area contributed by atoms with Gasteiger partial charge in [-0.15, -0.1) is 0 Å². The Hall–Kier alpha value is -2.40. The van der Waals surface area contributed by atoms with Crippen molar-refractivity contribution in [2.75, 3.05) is 13.2 Å². The number of amides is 1. The van der Waals surface area contributed by atoms with Crippen LogP contribution in [0, 0.1) is 0 Å². The molecule has 1 aliphatic rings. The van der Waals surface area contributed by atoms with E-state index in [0.717, 1.165) is 41.3 Å². The minimum atomic E-state index is -0.150. The first kappa shape index (κ1) is 13.3. The number of hydrogen-bond acceptors (Lipinski definition) is 3. The standard InChI is InChI=1S/C17H17N3O2/c21-17(19-9-11-4-3-7-22-11)15-8-13-12-5-1-2-6-14(12)20-16(13)10-18-15/h1-2,5-6,8,10-11,20H,3-4,7,9H2,(H,19,21)/t11-/m0/s1. The quantitative estimate of drug-likeness (QED) is 0.780. The summed E-state index contributed by atoms with van der Waals surface area (Å²) in [5, 5.41) is 5.04. The van der Waals surface area contributed by atoms with Crippen LogP contribution in [0.25, 0.3) is 21.8 Å². The summed E-state index contributed by atoms with van der Waals surface area (Å²) in [4.78, 5) is 19.8. The molecule has 2 N–H and O–H groups in total. The Kier molecular flexibility index (Phi) is 3.27. The number of nitrogens with zero attached hydrogens (tertiary/aromatic N) is 1. The maximum Gasteiger partial charge on any atom is 0.269 e. The number of carbonyl (C=O) groups excluding carboxylic acids is 1. The van der Waals surface area contributed by atoms with E-state index < -0.39 is 0 Å². The van der Waals surface area contributed by atoms with E-state index in [4.69, 9.17) is 4.74 Å². The molecule has 0 spiro atoms. The van der Waals surface area contributed by atoms with Gasteiger partial charge in [-0.1, -0.05) is 18.2 Å². The molecule has 0 aliphatic carbocycles. The van der Waals surface area contributed by atoms with Crippen LogP contribution in [0.5, 0.6) is 0 Å². The molecule has 22 heavy (non-hydrogen) atoms. The summed E-state index contributed by atoms with van der Waals surface area (Å²) in [6.07, 6.45) is 3.94. The summed E-state index contributed by atoms with van der Waals surface area (Å²) in [6.45, 7) is 1.34. The van der Waals surface area contributed by atoms with Crippen LogP contribution in [0.15, 0.2) is 36.5 Å². The minimum Gasteiger partial charge on any atom is -0.376 e. The van der Waals surface area contributed by atoms with E-state index in [0.29, 0.717) is 12.2 Å². The van der Waals surface area contributed by atoms with E-state index in [1.807, 2.05) is 30.3 Å². The van der Waals surface area contributed by atoms with E-state index in [-0.39, 0.29) is 12.0 Å². The predicted molar refractivity (Wildman–Crippen MR) is 84.9 cm³/mol. The van der Waals surface area contributed by atoms with Crippen molar-refractivity contribution in [2.24, 2.45) is 0 Å². The number of rotatable bonds is 3. The van der Waals surface area contributed by atoms with Gasteiger partial charge >= 0.3 is 0 Å². The molecule has 1 aliphatic heterocycles. The molecule has 1 fully saturated rings. The molecule has 1 saturated heterocycles. The maximum atomic E-state index is 12.3. The van der Waals surface area contributed by atoms with E-state index in [1.165, 1.54) is 0 Å². The van der Waals surface area contributed by atoms with E-state index in [9.17, 15) is 4.79 Å². The largest absolute Gasteiger partial charge is 0.376 e. The number of H-pyrrole nitrogens is 1. The third-order valence-electron chi connectivity index (χ3n) is 4.14. The number of aromatic nitrogens is 2. The van der Waals surface area contributed by atoms with Crippen LogP contribution in [0.4, 0.5) is 0 Å². The molecule has 5 nitrogen and oxygen atoms in total. The van der Waals surface area contributed by atoms with Crippen molar-refractivity contribution in [3.8, 4) is 0 Å². The molecule has 0 radical (unpaired) electrons. The van der Waals surface area contributed by atoms with Gasteiger partial charge in [0, 0.05) is 29.4 Å². The van der Waals surface area contributed by atoms with Crippen molar-refractivity contribution in [1.29, 1.82) is 0 Å². The Bertz CT molecular complexity index is 834. The molecular weight excluding hydrogens is 278 g/mol. The normalized spacial score (nSPS) is 18.1. The molecule has 5 heteroatoms. The van der Waals surface area contributed by atoms with E-state index in [1.54, 1.807) is 6.20 Å². The van der Waals surface area contributed by atoms with Gasteiger partial charge in [0.05, 0.1) is 17.8 Å². The topological polar surface area (TPSA) is 67.0 Å². The zero-order chi connectivity index (χ0) is 14.9. The van der Waals surface area contributed by atoms with Crippen molar-refractivity contribution >= 4 is 27.7 Å². The van der Waals surface area contributed by atoms with Crippen molar-refractivity contribution in [3.05, 3.63) is 42.2 Å². The number of para-hydroxylation sites is 1. The van der Waals surface area contributed by atoms with Crippen LogP contribution >= 0.6 is 0 Å². The third kappa shape index (κ3) is 2.33. The molecule has 3 heterocycles. The second kappa shape index (κ2) is 5.42. The molecule has 1 aromatic carbocycles. The van der Waals surface area contributed by atoms with Crippen LogP contribution in [0.1, 0.15) is 23.3 Å². The Balaban J connectivity index is 1.60. The lowest BCUT2D eigenvalue weighted by molar-refractivity contribution is 0.0854. The van der Waals surface area contributed by atoms with Crippen LogP contribution in [0.3, 0.4) is 0 Å². The highest BCUT2D eigenvalue weighted by Gasteiger charge is 2.17. The second-order valence-corrected chi connectivity index (χ2v) is 5.63. The molecule has 4 rings (SSSR count). The molecule has 0 saturated carbocycles. The van der Waals surface area contributed by atoms with Gasteiger partial charge in [0.15, 0.2) is 0 Å². The Morgan fingerprint density at radius 3 is 3.09 bits per heavy atom. The van der Waals surface area contributed by atoms with Gasteiger partial charge < -0.3 is 15.0 Å². The number of pyridine rings is 1. The highest BCUT2D eigenvalue weighted by molar-refractivity contribution is 6.09. The number of carbonyl (C=O) groups is 1. The van der Waals surface area contributed by atoms with Crippen molar-refractivity contribution in [1.82, 2.24) is 15.3 Å². The predicted octanol–water partition coefficient (Wildman–Crippen LogP) is 2.62. The number of nitrogens with one attached hydrogen (secondary N) is 2. The van der Waals surface area contributed by atoms with Gasteiger partial charge in [-0.05, 0) is 25.0 Å². The van der Waals surface area contributed by atoms with Crippen molar-refractivity contribution in [3.63, 3.8) is 0 Å². The Morgan fingerprint density at radius 2 is 2.23 bits per heavy atom. The summed E-state index contributed by atoms with van der Waals surface area (Å²) < 4.78 is 5.51. The molecule has 112 valence electrons. The van der Waals surface area contributed by atoms with Crippen LogP contribution in [0.2, 0.25) is 0 Å². The zero-order valence-corrected chi connectivity index (χ0v) is 12.1. The average molecular weight is 295 g/mol. The fraction of sp³-hybridized carbons (Fsp3) is 0.294. The molecule has 0 unspecified atom stereocenters. The summed E-state index contributed by atoms with van der Waals surface area (Å²) in [7, 11) is 0. The third-order valence-corrected chi connectivity index (χ3v) is 4.14. The average Bonchev–Trinajstić information content (AvgIpc) is 3.19. The first-order valence-electron chi connectivity index (χ1n) is 7.57.